The molecule has 0 fully saturated rings. The lowest BCUT2D eigenvalue weighted by Gasteiger charge is -2.01. The van der Waals surface area contributed by atoms with Crippen LogP contribution in [0.2, 0.25) is 0 Å². The summed E-state index contributed by atoms with van der Waals surface area (Å²) in [5.74, 6) is -0.454. The van der Waals surface area contributed by atoms with Crippen LogP contribution in [0.4, 0.5) is 0 Å². The van der Waals surface area contributed by atoms with Gasteiger partial charge in [-0.1, -0.05) is 18.7 Å². The van der Waals surface area contributed by atoms with Gasteiger partial charge in [0.1, 0.15) is 0 Å². The van der Waals surface area contributed by atoms with E-state index >= 15 is 0 Å². The van der Waals surface area contributed by atoms with Crippen molar-refractivity contribution in [2.45, 2.75) is 6.92 Å². The van der Waals surface area contributed by atoms with Crippen LogP contribution in [0.3, 0.4) is 0 Å². The second kappa shape index (κ2) is 5.68. The van der Waals surface area contributed by atoms with Crippen LogP contribution in [-0.2, 0) is 14.3 Å². The molecule has 0 aromatic carbocycles. The Labute approximate surface area is 66.3 Å². The van der Waals surface area contributed by atoms with Crippen molar-refractivity contribution in [2.75, 3.05) is 13.9 Å². The molecule has 0 aliphatic carbocycles. The third-order valence-corrected chi connectivity index (χ3v) is 0.938. The molecule has 0 aliphatic heterocycles. The maximum absolute atomic E-state index is 10.8. The van der Waals surface area contributed by atoms with Gasteiger partial charge in [0.2, 0.25) is 0 Å². The zero-order chi connectivity index (χ0) is 8.69. The van der Waals surface area contributed by atoms with Gasteiger partial charge in [0, 0.05) is 7.11 Å². The largest absolute Gasteiger partial charge is 0.435 e. The predicted octanol–water partition coefficient (Wildman–Crippen LogP) is 1.27. The van der Waals surface area contributed by atoms with Gasteiger partial charge in [-0.05, 0) is 6.92 Å². The number of hydrogen-bond acceptors (Lipinski definition) is 3. The Morgan fingerprint density at radius 2 is 2.27 bits per heavy atom. The molecule has 0 aromatic heterocycles. The molecule has 0 radical (unpaired) electrons. The molecule has 11 heavy (non-hydrogen) atoms. The van der Waals surface area contributed by atoms with Crippen LogP contribution in [0.5, 0.6) is 0 Å². The smallest absolute Gasteiger partial charge is 0.339 e. The number of allylic oxidation sites excluding steroid dienone is 1. The van der Waals surface area contributed by atoms with E-state index in [0.29, 0.717) is 5.57 Å². The van der Waals surface area contributed by atoms with Crippen molar-refractivity contribution >= 4 is 5.97 Å². The highest BCUT2D eigenvalue weighted by atomic mass is 16.7. The summed E-state index contributed by atoms with van der Waals surface area (Å²) in [5, 5.41) is 0. The molecule has 62 valence electrons. The van der Waals surface area contributed by atoms with Crippen LogP contribution >= 0.6 is 0 Å². The quantitative estimate of drug-likeness (QED) is 0.266. The summed E-state index contributed by atoms with van der Waals surface area (Å²) in [7, 11) is 1.45. The van der Waals surface area contributed by atoms with E-state index < -0.39 is 5.97 Å². The van der Waals surface area contributed by atoms with Crippen LogP contribution in [0.15, 0.2) is 24.3 Å². The normalized spacial score (nSPS) is 10.0. The molecular formula is C8H12O3. The fraction of sp³-hybridized carbons (Fsp3) is 0.375. The maximum atomic E-state index is 10.8. The number of methoxy groups -OCH3 is 1. The fourth-order valence-electron chi connectivity index (χ4n) is 0.474. The summed E-state index contributed by atoms with van der Waals surface area (Å²) >= 11 is 0. The molecule has 0 unspecified atom stereocenters. The highest BCUT2D eigenvalue weighted by Crippen LogP contribution is 1.96. The highest BCUT2D eigenvalue weighted by molar-refractivity contribution is 5.90. The van der Waals surface area contributed by atoms with Crippen molar-refractivity contribution in [2.24, 2.45) is 0 Å². The minimum absolute atomic E-state index is 0.0323. The number of hydrogen-bond donors (Lipinski definition) is 0. The number of ether oxygens (including phenoxy) is 2. The van der Waals surface area contributed by atoms with E-state index in [1.54, 1.807) is 19.1 Å². The summed E-state index contributed by atoms with van der Waals surface area (Å²) in [6.07, 6.45) is 3.30. The second-order valence-corrected chi connectivity index (χ2v) is 1.86. The average Bonchev–Trinajstić information content (AvgIpc) is 2.00. The third-order valence-electron chi connectivity index (χ3n) is 0.938. The predicted molar refractivity (Wildman–Crippen MR) is 41.9 cm³/mol. The minimum atomic E-state index is -0.454. The lowest BCUT2D eigenvalue weighted by atomic mass is 10.3. The minimum Gasteiger partial charge on any atom is -0.435 e. The molecule has 0 amide bonds. The Bertz CT molecular complexity index is 170. The number of rotatable bonds is 4. The molecule has 0 aromatic rings. The molecule has 0 atom stereocenters. The monoisotopic (exact) mass is 156 g/mol. The van der Waals surface area contributed by atoms with Crippen molar-refractivity contribution in [1.82, 2.24) is 0 Å². The Balaban J connectivity index is 3.74. The Morgan fingerprint density at radius 1 is 1.64 bits per heavy atom. The molecule has 0 rings (SSSR count). The first-order valence-electron chi connectivity index (χ1n) is 3.20. The van der Waals surface area contributed by atoms with Gasteiger partial charge in [0.25, 0.3) is 0 Å². The highest BCUT2D eigenvalue weighted by Gasteiger charge is 2.02. The van der Waals surface area contributed by atoms with Crippen LogP contribution in [0.1, 0.15) is 6.92 Å². The maximum Gasteiger partial charge on any atom is 0.339 e. The number of carbonyl (C=O) groups is 1. The summed E-state index contributed by atoms with van der Waals surface area (Å²) < 4.78 is 9.13. The molecule has 0 N–H and O–H groups in total. The van der Waals surface area contributed by atoms with Crippen LogP contribution in [-0.4, -0.2) is 19.9 Å². The van der Waals surface area contributed by atoms with Crippen LogP contribution < -0.4 is 0 Å². The van der Waals surface area contributed by atoms with Crippen molar-refractivity contribution < 1.29 is 14.3 Å². The lowest BCUT2D eigenvalue weighted by Crippen LogP contribution is -2.07. The molecule has 0 saturated heterocycles. The molecule has 3 nitrogen and oxygen atoms in total. The topological polar surface area (TPSA) is 35.5 Å². The van der Waals surface area contributed by atoms with Crippen molar-refractivity contribution in [3.05, 3.63) is 24.3 Å². The van der Waals surface area contributed by atoms with E-state index in [1.807, 2.05) is 0 Å². The van der Waals surface area contributed by atoms with Gasteiger partial charge in [-0.3, -0.25) is 0 Å². The van der Waals surface area contributed by atoms with Gasteiger partial charge >= 0.3 is 5.97 Å². The first-order valence-corrected chi connectivity index (χ1v) is 3.20. The molecule has 0 bridgehead atoms. The Hall–Kier alpha value is -1.09. The van der Waals surface area contributed by atoms with Gasteiger partial charge < -0.3 is 9.47 Å². The summed E-state index contributed by atoms with van der Waals surface area (Å²) in [6.45, 7) is 5.25. The molecular weight excluding hydrogens is 144 g/mol. The van der Waals surface area contributed by atoms with E-state index in [4.69, 9.17) is 0 Å². The molecule has 0 saturated carbocycles. The van der Waals surface area contributed by atoms with E-state index in [9.17, 15) is 4.79 Å². The van der Waals surface area contributed by atoms with Gasteiger partial charge in [0.15, 0.2) is 6.79 Å². The van der Waals surface area contributed by atoms with Crippen molar-refractivity contribution in [3.63, 3.8) is 0 Å². The van der Waals surface area contributed by atoms with E-state index in [2.05, 4.69) is 16.1 Å². The van der Waals surface area contributed by atoms with Gasteiger partial charge in [0.05, 0.1) is 5.57 Å². The molecule has 3 heteroatoms. The van der Waals surface area contributed by atoms with Gasteiger partial charge in [-0.2, -0.15) is 0 Å². The number of esters is 1. The molecule has 0 aliphatic rings. The number of carbonyl (C=O) groups excluding carboxylic acids is 1. The first kappa shape index (κ1) is 9.91. The van der Waals surface area contributed by atoms with E-state index in [0.717, 1.165) is 0 Å². The summed E-state index contributed by atoms with van der Waals surface area (Å²) in [4.78, 5) is 10.8. The summed E-state index contributed by atoms with van der Waals surface area (Å²) in [5.41, 5.74) is 0.324. The van der Waals surface area contributed by atoms with Crippen LogP contribution in [0, 0.1) is 0 Å². The second-order valence-electron chi connectivity index (χ2n) is 1.86. The Kier molecular flexibility index (Phi) is 5.11. The van der Waals surface area contributed by atoms with Gasteiger partial charge in [-0.25, -0.2) is 4.79 Å². The van der Waals surface area contributed by atoms with E-state index in [-0.39, 0.29) is 6.79 Å². The lowest BCUT2D eigenvalue weighted by molar-refractivity contribution is -0.148. The van der Waals surface area contributed by atoms with Crippen LogP contribution in [0.25, 0.3) is 0 Å². The first-order chi connectivity index (χ1) is 5.22. The standard InChI is InChI=1S/C8H12O3/c1-4-5-7(2)8(9)11-6-10-3/h4-5H,2,6H2,1,3H3. The average molecular weight is 156 g/mol. The van der Waals surface area contributed by atoms with Crippen molar-refractivity contribution in [3.8, 4) is 0 Å². The summed E-state index contributed by atoms with van der Waals surface area (Å²) in [6, 6.07) is 0. The Morgan fingerprint density at radius 3 is 2.73 bits per heavy atom. The SMILES string of the molecule is C=C(C=CC)C(=O)OCOC. The molecule has 0 heterocycles. The fourth-order valence-corrected chi connectivity index (χ4v) is 0.474. The third kappa shape index (κ3) is 4.33. The molecule has 0 spiro atoms. The van der Waals surface area contributed by atoms with E-state index in [1.165, 1.54) is 7.11 Å². The van der Waals surface area contributed by atoms with Crippen molar-refractivity contribution in [1.29, 1.82) is 0 Å². The zero-order valence-corrected chi connectivity index (χ0v) is 6.79. The van der Waals surface area contributed by atoms with Gasteiger partial charge in [-0.15, -0.1) is 0 Å². The zero-order valence-electron chi connectivity index (χ0n) is 6.79.